The number of hydrogen-bond acceptors (Lipinski definition) is 15. The third kappa shape index (κ3) is 5.94. The highest BCUT2D eigenvalue weighted by molar-refractivity contribution is 5.93. The molecule has 48 heavy (non-hydrogen) atoms. The van der Waals surface area contributed by atoms with Crippen molar-refractivity contribution >= 4 is 34.1 Å². The van der Waals surface area contributed by atoms with Crippen LogP contribution in [0.25, 0.3) is 34.2 Å². The summed E-state index contributed by atoms with van der Waals surface area (Å²) in [5.41, 5.74) is 1.46. The molecule has 6 N–H and O–H groups in total. The van der Waals surface area contributed by atoms with Crippen molar-refractivity contribution in [2.24, 2.45) is 0 Å². The molecule has 15 heteroatoms. The van der Waals surface area contributed by atoms with E-state index in [9.17, 15) is 30.6 Å². The van der Waals surface area contributed by atoms with E-state index in [1.54, 1.807) is 132 Å². The first kappa shape index (κ1) is 35.1. The summed E-state index contributed by atoms with van der Waals surface area (Å²) in [5.74, 6) is -2.96. The highest BCUT2D eigenvalue weighted by atomic mass is 16.3. The second-order valence-corrected chi connectivity index (χ2v) is 12.6. The number of phenols is 6. The molecule has 258 valence electrons. The predicted octanol–water partition coefficient (Wildman–Crippen LogP) is 3.50. The van der Waals surface area contributed by atoms with Gasteiger partial charge in [-0.15, -0.1) is 0 Å². The van der Waals surface area contributed by atoms with Crippen molar-refractivity contribution < 1.29 is 30.6 Å². The third-order valence-corrected chi connectivity index (χ3v) is 7.89. The number of rotatable bonds is 9. The Hall–Kier alpha value is -5.73. The molecule has 1 aromatic heterocycles. The number of anilines is 6. The second-order valence-electron chi connectivity index (χ2n) is 12.6. The zero-order chi connectivity index (χ0) is 36.1. The Morgan fingerprint density at radius 1 is 0.312 bits per heavy atom. The number of aromatic hydroxyl groups is 6. The molecular weight excluding hydrogens is 618 g/mol. The van der Waals surface area contributed by atoms with E-state index < -0.39 is 0 Å². The Morgan fingerprint density at radius 3 is 0.583 bits per heavy atom. The first-order valence-corrected chi connectivity index (χ1v) is 14.9. The number of hydrogen-bond donors (Lipinski definition) is 6. The van der Waals surface area contributed by atoms with Gasteiger partial charge in [-0.25, -0.2) is 15.0 Å². The number of aromatic nitrogens is 3. The Labute approximate surface area is 280 Å². The van der Waals surface area contributed by atoms with Crippen molar-refractivity contribution in [1.82, 2.24) is 15.0 Å². The maximum Gasteiger partial charge on any atom is 0.171 e. The molecule has 3 aromatic carbocycles. The molecule has 0 atom stereocenters. The third-order valence-electron chi connectivity index (χ3n) is 7.89. The molecule has 0 aliphatic rings. The molecular formula is C33H45N9O6. The Balaban J connectivity index is 2.29. The lowest BCUT2D eigenvalue weighted by atomic mass is 10.0. The smallest absolute Gasteiger partial charge is 0.171 e. The SMILES string of the molecule is CN(C)c1cc(N(C)C)c(O)c(-c2nc(-c3c(O)c(N(C)C)cc(N(C)C)c3O)nc(-c3c(O)c(N(C)C)cc(N(C)C)c3O)n2)c1O. The van der Waals surface area contributed by atoms with Gasteiger partial charge in [0.1, 0.15) is 16.7 Å². The summed E-state index contributed by atoms with van der Waals surface area (Å²) in [6, 6.07) is 4.79. The molecule has 0 aliphatic carbocycles. The fraction of sp³-hybridized carbons (Fsp3) is 0.364. The lowest BCUT2D eigenvalue weighted by molar-refractivity contribution is 0.454. The van der Waals surface area contributed by atoms with Gasteiger partial charge in [-0.3, -0.25) is 0 Å². The van der Waals surface area contributed by atoms with Crippen molar-refractivity contribution in [2.75, 3.05) is 114 Å². The van der Waals surface area contributed by atoms with Gasteiger partial charge in [0, 0.05) is 84.6 Å². The van der Waals surface area contributed by atoms with Crippen LogP contribution in [-0.4, -0.2) is 130 Å². The monoisotopic (exact) mass is 663 g/mol. The largest absolute Gasteiger partial charge is 0.505 e. The fourth-order valence-corrected chi connectivity index (χ4v) is 5.30. The summed E-state index contributed by atoms with van der Waals surface area (Å²) in [7, 11) is 20.6. The molecule has 0 aliphatic heterocycles. The van der Waals surface area contributed by atoms with Crippen molar-refractivity contribution in [3.05, 3.63) is 18.2 Å². The maximum absolute atomic E-state index is 11.6. The highest BCUT2D eigenvalue weighted by Crippen LogP contribution is 2.52. The van der Waals surface area contributed by atoms with Crippen LogP contribution >= 0.6 is 0 Å². The molecule has 0 amide bonds. The number of phenolic OH excluding ortho intramolecular Hbond substituents is 6. The average Bonchev–Trinajstić information content (AvgIpc) is 2.96. The van der Waals surface area contributed by atoms with Gasteiger partial charge in [0.2, 0.25) is 0 Å². The Morgan fingerprint density at radius 2 is 0.458 bits per heavy atom. The second kappa shape index (κ2) is 12.8. The van der Waals surface area contributed by atoms with Gasteiger partial charge in [-0.1, -0.05) is 0 Å². The van der Waals surface area contributed by atoms with E-state index in [2.05, 4.69) is 15.0 Å². The van der Waals surface area contributed by atoms with Crippen LogP contribution in [0, 0.1) is 0 Å². The van der Waals surface area contributed by atoms with Crippen LogP contribution in [-0.2, 0) is 0 Å². The van der Waals surface area contributed by atoms with E-state index in [1.165, 1.54) is 0 Å². The lowest BCUT2D eigenvalue weighted by Gasteiger charge is -2.25. The normalized spacial score (nSPS) is 11.0. The minimum atomic E-state index is -0.361. The topological polar surface area (TPSA) is 179 Å². The van der Waals surface area contributed by atoms with Gasteiger partial charge in [0.15, 0.2) is 52.0 Å². The van der Waals surface area contributed by atoms with E-state index in [0.717, 1.165) is 0 Å². The number of nitrogens with zero attached hydrogens (tertiary/aromatic N) is 9. The van der Waals surface area contributed by atoms with Crippen molar-refractivity contribution in [2.45, 2.75) is 0 Å². The zero-order valence-electron chi connectivity index (χ0n) is 29.4. The van der Waals surface area contributed by atoms with Gasteiger partial charge in [0.05, 0.1) is 34.1 Å². The highest BCUT2D eigenvalue weighted by Gasteiger charge is 2.30. The molecule has 0 bridgehead atoms. The predicted molar refractivity (Wildman–Crippen MR) is 192 cm³/mol. The van der Waals surface area contributed by atoms with E-state index in [1.807, 2.05) is 0 Å². The minimum Gasteiger partial charge on any atom is -0.505 e. The van der Waals surface area contributed by atoms with Crippen LogP contribution in [0.5, 0.6) is 34.5 Å². The summed E-state index contributed by atoms with van der Waals surface area (Å²) in [5, 5.41) is 69.4. The molecule has 1 heterocycles. The van der Waals surface area contributed by atoms with E-state index in [0.29, 0.717) is 34.1 Å². The lowest BCUT2D eigenvalue weighted by Crippen LogP contribution is -2.15. The van der Waals surface area contributed by atoms with Gasteiger partial charge >= 0.3 is 0 Å². The van der Waals surface area contributed by atoms with Crippen LogP contribution < -0.4 is 29.4 Å². The van der Waals surface area contributed by atoms with Crippen molar-refractivity contribution in [3.63, 3.8) is 0 Å². The molecule has 4 rings (SSSR count). The van der Waals surface area contributed by atoms with Crippen molar-refractivity contribution in [1.29, 1.82) is 0 Å². The molecule has 0 fully saturated rings. The summed E-state index contributed by atoms with van der Waals surface area (Å²) in [4.78, 5) is 23.7. The molecule has 0 saturated carbocycles. The standard InChI is InChI=1S/C33H45N9O6/c1-37(2)16-13-17(38(3)4)26(44)22(25(16)43)31-34-32(23-27(45)18(39(5)6)14-19(28(23)46)40(7)8)36-33(35-31)24-29(47)20(41(9)10)15-21(30(24)48)42(11)12/h13-15,43-48H,1-12H3. The van der Waals surface area contributed by atoms with E-state index >= 15 is 0 Å². The summed E-state index contributed by atoms with van der Waals surface area (Å²) in [6.45, 7) is 0. The summed E-state index contributed by atoms with van der Waals surface area (Å²) >= 11 is 0. The van der Waals surface area contributed by atoms with Crippen LogP contribution in [0.2, 0.25) is 0 Å². The van der Waals surface area contributed by atoms with Crippen LogP contribution in [0.3, 0.4) is 0 Å². The zero-order valence-corrected chi connectivity index (χ0v) is 29.4. The maximum atomic E-state index is 11.6. The van der Waals surface area contributed by atoms with E-state index in [4.69, 9.17) is 0 Å². The molecule has 0 unspecified atom stereocenters. The number of benzene rings is 3. The Kier molecular flexibility index (Phi) is 9.38. The molecule has 0 spiro atoms. The summed E-state index contributed by atoms with van der Waals surface area (Å²) < 4.78 is 0. The fourth-order valence-electron chi connectivity index (χ4n) is 5.30. The van der Waals surface area contributed by atoms with Crippen LogP contribution in [0.4, 0.5) is 34.1 Å². The van der Waals surface area contributed by atoms with Gasteiger partial charge in [-0.2, -0.15) is 0 Å². The molecule has 0 saturated heterocycles. The van der Waals surface area contributed by atoms with Gasteiger partial charge in [0.25, 0.3) is 0 Å². The van der Waals surface area contributed by atoms with Crippen LogP contribution in [0.15, 0.2) is 18.2 Å². The molecule has 4 aromatic rings. The first-order chi connectivity index (χ1) is 22.3. The first-order valence-electron chi connectivity index (χ1n) is 14.9. The quantitative estimate of drug-likeness (QED) is 0.153. The van der Waals surface area contributed by atoms with Crippen molar-refractivity contribution in [3.8, 4) is 68.7 Å². The molecule has 15 nitrogen and oxygen atoms in total. The average molecular weight is 664 g/mol. The van der Waals surface area contributed by atoms with Crippen LogP contribution in [0.1, 0.15) is 0 Å². The van der Waals surface area contributed by atoms with Gasteiger partial charge < -0.3 is 60.0 Å². The summed E-state index contributed by atoms with van der Waals surface area (Å²) in [6.07, 6.45) is 0. The Bertz CT molecular complexity index is 1550. The molecule has 0 radical (unpaired) electrons. The van der Waals surface area contributed by atoms with E-state index in [-0.39, 0.29) is 68.7 Å². The van der Waals surface area contributed by atoms with Gasteiger partial charge in [-0.05, 0) is 18.2 Å². The minimum absolute atomic E-state index is 0.180.